The molecule has 0 radical (unpaired) electrons. The van der Waals surface area contributed by atoms with Gasteiger partial charge in [0.25, 0.3) is 0 Å². The molecular weight excluding hydrogens is 203 g/mol. The number of aliphatic hydroxyl groups excluding tert-OH is 1. The number of nitro groups is 1. The van der Waals surface area contributed by atoms with Crippen molar-refractivity contribution < 1.29 is 14.4 Å². The second kappa shape index (κ2) is 4.81. The average molecular weight is 214 g/mol. The molecule has 1 unspecified atom stereocenters. The van der Waals surface area contributed by atoms with E-state index in [2.05, 4.69) is 0 Å². The number of hydrogen-bond donors (Lipinski definition) is 2. The zero-order valence-corrected chi connectivity index (χ0v) is 7.89. The van der Waals surface area contributed by atoms with E-state index in [0.717, 1.165) is 12.1 Å². The molecule has 0 amide bonds. The van der Waals surface area contributed by atoms with Crippen molar-refractivity contribution in [2.24, 2.45) is 5.73 Å². The number of halogens is 1. The van der Waals surface area contributed by atoms with Gasteiger partial charge in [-0.25, -0.2) is 0 Å². The molecule has 0 heterocycles. The highest BCUT2D eigenvalue weighted by molar-refractivity contribution is 5.36. The van der Waals surface area contributed by atoms with Crippen LogP contribution in [-0.2, 0) is 6.42 Å². The summed E-state index contributed by atoms with van der Waals surface area (Å²) in [4.78, 5) is 9.63. The van der Waals surface area contributed by atoms with Gasteiger partial charge in [0.05, 0.1) is 11.5 Å². The lowest BCUT2D eigenvalue weighted by molar-refractivity contribution is -0.387. The molecule has 0 bridgehead atoms. The molecule has 0 aliphatic rings. The van der Waals surface area contributed by atoms with E-state index in [1.165, 1.54) is 6.07 Å². The smallest absolute Gasteiger partial charge is 0.305 e. The number of nitrogens with two attached hydrogens (primary N) is 1. The van der Waals surface area contributed by atoms with Crippen molar-refractivity contribution in [3.05, 3.63) is 39.7 Å². The second-order valence-corrected chi connectivity index (χ2v) is 3.19. The topological polar surface area (TPSA) is 89.4 Å². The summed E-state index contributed by atoms with van der Waals surface area (Å²) in [5.74, 6) is -0.874. The molecule has 15 heavy (non-hydrogen) atoms. The van der Waals surface area contributed by atoms with Crippen molar-refractivity contribution in [3.8, 4) is 0 Å². The molecule has 1 rings (SSSR count). The van der Waals surface area contributed by atoms with Gasteiger partial charge in [-0.05, 0) is 18.1 Å². The van der Waals surface area contributed by atoms with Crippen molar-refractivity contribution in [2.75, 3.05) is 6.61 Å². The number of nitro benzene ring substituents is 1. The summed E-state index contributed by atoms with van der Waals surface area (Å²) in [6.45, 7) is -0.217. The minimum Gasteiger partial charge on any atom is -0.395 e. The molecule has 0 aliphatic heterocycles. The standard InChI is InChI=1S/C9H11FN2O3/c10-8-2-1-6(3-7(11)5-13)4-9(8)12(14)15/h1-2,4,7,13H,3,5,11H2. The molecule has 0 fully saturated rings. The van der Waals surface area contributed by atoms with Crippen LogP contribution >= 0.6 is 0 Å². The third kappa shape index (κ3) is 2.97. The predicted molar refractivity (Wildman–Crippen MR) is 51.8 cm³/mol. The van der Waals surface area contributed by atoms with Gasteiger partial charge in [-0.1, -0.05) is 6.07 Å². The summed E-state index contributed by atoms with van der Waals surface area (Å²) in [5, 5.41) is 19.1. The molecule has 1 aromatic rings. The van der Waals surface area contributed by atoms with Crippen LogP contribution in [0.1, 0.15) is 5.56 Å². The van der Waals surface area contributed by atoms with E-state index in [9.17, 15) is 14.5 Å². The highest BCUT2D eigenvalue weighted by atomic mass is 19.1. The summed E-state index contributed by atoms with van der Waals surface area (Å²) in [6, 6.07) is 3.08. The third-order valence-corrected chi connectivity index (χ3v) is 1.94. The fourth-order valence-electron chi connectivity index (χ4n) is 1.19. The lowest BCUT2D eigenvalue weighted by Crippen LogP contribution is -2.26. The van der Waals surface area contributed by atoms with Crippen LogP contribution in [0, 0.1) is 15.9 Å². The van der Waals surface area contributed by atoms with E-state index in [1.54, 1.807) is 0 Å². The van der Waals surface area contributed by atoms with Crippen molar-refractivity contribution in [3.63, 3.8) is 0 Å². The van der Waals surface area contributed by atoms with E-state index in [1.807, 2.05) is 0 Å². The van der Waals surface area contributed by atoms with Gasteiger partial charge in [0, 0.05) is 12.1 Å². The highest BCUT2D eigenvalue weighted by Crippen LogP contribution is 2.19. The Balaban J connectivity index is 2.92. The summed E-state index contributed by atoms with van der Waals surface area (Å²) in [5.41, 5.74) is 5.42. The maximum Gasteiger partial charge on any atom is 0.305 e. The van der Waals surface area contributed by atoms with Gasteiger partial charge >= 0.3 is 5.69 Å². The van der Waals surface area contributed by atoms with Crippen molar-refractivity contribution >= 4 is 5.69 Å². The number of benzene rings is 1. The summed E-state index contributed by atoms with van der Waals surface area (Å²) in [7, 11) is 0. The quantitative estimate of drug-likeness (QED) is 0.567. The number of nitrogens with zero attached hydrogens (tertiary/aromatic N) is 1. The van der Waals surface area contributed by atoms with E-state index in [4.69, 9.17) is 10.8 Å². The number of rotatable bonds is 4. The van der Waals surface area contributed by atoms with E-state index >= 15 is 0 Å². The highest BCUT2D eigenvalue weighted by Gasteiger charge is 2.15. The average Bonchev–Trinajstić information content (AvgIpc) is 2.20. The first kappa shape index (κ1) is 11.5. The van der Waals surface area contributed by atoms with Crippen LogP contribution in [0.2, 0.25) is 0 Å². The first-order chi connectivity index (χ1) is 7.04. The maximum atomic E-state index is 12.9. The van der Waals surface area contributed by atoms with E-state index in [0.29, 0.717) is 5.56 Å². The molecule has 0 saturated heterocycles. The Morgan fingerprint density at radius 3 is 2.80 bits per heavy atom. The van der Waals surface area contributed by atoms with Crippen molar-refractivity contribution in [2.45, 2.75) is 12.5 Å². The van der Waals surface area contributed by atoms with E-state index in [-0.39, 0.29) is 13.0 Å². The van der Waals surface area contributed by atoms with Crippen molar-refractivity contribution in [1.29, 1.82) is 0 Å². The van der Waals surface area contributed by atoms with Crippen LogP contribution in [-0.4, -0.2) is 22.7 Å². The molecule has 0 aliphatic carbocycles. The van der Waals surface area contributed by atoms with Crippen LogP contribution < -0.4 is 5.73 Å². The van der Waals surface area contributed by atoms with Crippen LogP contribution in [0.5, 0.6) is 0 Å². The van der Waals surface area contributed by atoms with Crippen molar-refractivity contribution in [1.82, 2.24) is 0 Å². The molecule has 1 aromatic carbocycles. The van der Waals surface area contributed by atoms with Crippen LogP contribution in [0.4, 0.5) is 10.1 Å². The summed E-state index contributed by atoms with van der Waals surface area (Å²) in [6.07, 6.45) is 0.275. The van der Waals surface area contributed by atoms with Crippen LogP contribution in [0.3, 0.4) is 0 Å². The van der Waals surface area contributed by atoms with Gasteiger partial charge in [-0.15, -0.1) is 0 Å². The number of aliphatic hydroxyl groups is 1. The first-order valence-corrected chi connectivity index (χ1v) is 4.34. The van der Waals surface area contributed by atoms with Crippen LogP contribution in [0.25, 0.3) is 0 Å². The van der Waals surface area contributed by atoms with Gasteiger partial charge in [0.2, 0.25) is 5.82 Å². The fraction of sp³-hybridized carbons (Fsp3) is 0.333. The molecular formula is C9H11FN2O3. The zero-order chi connectivity index (χ0) is 11.4. The maximum absolute atomic E-state index is 12.9. The molecule has 0 saturated carbocycles. The SMILES string of the molecule is NC(CO)Cc1ccc(F)c([N+](=O)[O-])c1. The van der Waals surface area contributed by atoms with Gasteiger partial charge < -0.3 is 10.8 Å². The normalized spacial score (nSPS) is 12.5. The lowest BCUT2D eigenvalue weighted by Gasteiger charge is -2.07. The molecule has 3 N–H and O–H groups in total. The molecule has 82 valence electrons. The predicted octanol–water partition coefficient (Wildman–Crippen LogP) is 0.596. The number of hydrogen-bond acceptors (Lipinski definition) is 4. The van der Waals surface area contributed by atoms with Gasteiger partial charge in [0.15, 0.2) is 0 Å². The lowest BCUT2D eigenvalue weighted by atomic mass is 10.1. The summed E-state index contributed by atoms with van der Waals surface area (Å²) < 4.78 is 12.9. The molecule has 5 nitrogen and oxygen atoms in total. The molecule has 0 spiro atoms. The Morgan fingerprint density at radius 1 is 1.60 bits per heavy atom. The Labute approximate surface area is 85.5 Å². The Bertz CT molecular complexity index is 370. The second-order valence-electron chi connectivity index (χ2n) is 3.19. The fourth-order valence-corrected chi connectivity index (χ4v) is 1.19. The van der Waals surface area contributed by atoms with Gasteiger partial charge in [0.1, 0.15) is 0 Å². The molecule has 1 atom stereocenters. The molecule has 0 aromatic heterocycles. The molecule has 6 heteroatoms. The Morgan fingerprint density at radius 2 is 2.27 bits per heavy atom. The third-order valence-electron chi connectivity index (χ3n) is 1.94. The Kier molecular flexibility index (Phi) is 3.70. The van der Waals surface area contributed by atoms with Crippen LogP contribution in [0.15, 0.2) is 18.2 Å². The van der Waals surface area contributed by atoms with E-state index < -0.39 is 22.5 Å². The zero-order valence-electron chi connectivity index (χ0n) is 7.89. The monoisotopic (exact) mass is 214 g/mol. The van der Waals surface area contributed by atoms with Gasteiger partial charge in [-0.2, -0.15) is 4.39 Å². The minimum absolute atomic E-state index is 0.217. The largest absolute Gasteiger partial charge is 0.395 e. The minimum atomic E-state index is -0.874. The van der Waals surface area contributed by atoms with Gasteiger partial charge in [-0.3, -0.25) is 10.1 Å². The Hall–Kier alpha value is -1.53. The first-order valence-electron chi connectivity index (χ1n) is 4.34. The summed E-state index contributed by atoms with van der Waals surface area (Å²) >= 11 is 0.